The number of carbonyl (C=O) groups excluding carboxylic acids is 3. The summed E-state index contributed by atoms with van der Waals surface area (Å²) >= 11 is 3.74. The fraction of sp³-hybridized carbons (Fsp3) is 0.161. The number of aromatic nitrogens is 1. The largest absolute Gasteiger partial charge is 0.497 e. The molecule has 4 heterocycles. The van der Waals surface area contributed by atoms with E-state index in [0.29, 0.717) is 27.0 Å². The molecule has 2 aliphatic rings. The molecule has 42 heavy (non-hydrogen) atoms. The Kier molecular flexibility index (Phi) is 6.72. The van der Waals surface area contributed by atoms with E-state index in [0.717, 1.165) is 27.0 Å². The van der Waals surface area contributed by atoms with Crippen molar-refractivity contribution in [2.45, 2.75) is 22.7 Å². The zero-order valence-electron chi connectivity index (χ0n) is 22.2. The standard InChI is InChI=1S/C31H23N3O5S3/c1-39-19-13-11-18(12-14-19)34-28(36)25-24(22-10-5-15-40-22)27-30(41-26(25)29(34)37)33(31(38)42-27)16-23(35)32-21-9-4-7-17-6-2-3-8-20(17)21/h2-15,24-26H,16H2,1H3,(H,32,35)/t24-,25-,26+/m0/s1. The summed E-state index contributed by atoms with van der Waals surface area (Å²) in [4.78, 5) is 57.0. The minimum Gasteiger partial charge on any atom is -0.497 e. The van der Waals surface area contributed by atoms with Crippen molar-refractivity contribution in [1.29, 1.82) is 0 Å². The van der Waals surface area contributed by atoms with Gasteiger partial charge < -0.3 is 10.1 Å². The molecule has 3 atom stereocenters. The second kappa shape index (κ2) is 10.6. The van der Waals surface area contributed by atoms with Crippen molar-refractivity contribution in [1.82, 2.24) is 4.57 Å². The zero-order valence-corrected chi connectivity index (χ0v) is 24.6. The summed E-state index contributed by atoms with van der Waals surface area (Å²) in [6, 6.07) is 24.1. The highest BCUT2D eigenvalue weighted by Gasteiger charge is 2.57. The van der Waals surface area contributed by atoms with Gasteiger partial charge in [0.2, 0.25) is 17.7 Å². The second-order valence-corrected chi connectivity index (χ2v) is 13.1. The highest BCUT2D eigenvalue weighted by molar-refractivity contribution is 8.00. The number of anilines is 2. The van der Waals surface area contributed by atoms with Gasteiger partial charge in [0.15, 0.2) is 0 Å². The molecule has 3 amide bonds. The first-order valence-corrected chi connectivity index (χ1v) is 15.7. The lowest BCUT2D eigenvalue weighted by Gasteiger charge is -2.29. The maximum atomic E-state index is 13.9. The Hall–Kier alpha value is -4.19. The van der Waals surface area contributed by atoms with E-state index in [-0.39, 0.29) is 29.1 Å². The Balaban J connectivity index is 1.24. The van der Waals surface area contributed by atoms with Gasteiger partial charge in [-0.15, -0.1) is 11.3 Å². The van der Waals surface area contributed by atoms with Crippen LogP contribution >= 0.6 is 34.4 Å². The molecule has 7 rings (SSSR count). The maximum Gasteiger partial charge on any atom is 0.308 e. The van der Waals surface area contributed by atoms with E-state index in [1.807, 2.05) is 60.0 Å². The minimum atomic E-state index is -0.736. The van der Waals surface area contributed by atoms with Crippen molar-refractivity contribution in [3.8, 4) is 5.75 Å². The molecule has 1 fully saturated rings. The third-order valence-corrected chi connectivity index (χ3v) is 11.2. The molecule has 3 aromatic carbocycles. The number of thiazole rings is 1. The van der Waals surface area contributed by atoms with E-state index in [1.165, 1.54) is 32.6 Å². The molecule has 8 nitrogen and oxygen atoms in total. The first-order valence-electron chi connectivity index (χ1n) is 13.2. The van der Waals surface area contributed by atoms with E-state index >= 15 is 0 Å². The number of thioether (sulfide) groups is 1. The van der Waals surface area contributed by atoms with Crippen LogP contribution in [-0.4, -0.2) is 34.6 Å². The summed E-state index contributed by atoms with van der Waals surface area (Å²) in [5.41, 5.74) is 1.13. The normalized spacial score (nSPS) is 19.5. The SMILES string of the molecule is COc1ccc(N2C(=O)[C@H]3[C@H](c4cccs4)c4sc(=O)n(CC(=O)Nc5cccc6ccccc56)c4S[C@H]3C2=O)cc1. The lowest BCUT2D eigenvalue weighted by Crippen LogP contribution is -2.32. The summed E-state index contributed by atoms with van der Waals surface area (Å²) in [6.45, 7) is -0.209. The lowest BCUT2D eigenvalue weighted by atomic mass is 9.87. The number of nitrogens with one attached hydrogen (secondary N) is 1. The maximum absolute atomic E-state index is 13.9. The van der Waals surface area contributed by atoms with Gasteiger partial charge in [-0.2, -0.15) is 0 Å². The van der Waals surface area contributed by atoms with Gasteiger partial charge in [0.25, 0.3) is 0 Å². The van der Waals surface area contributed by atoms with Gasteiger partial charge in [-0.1, -0.05) is 65.6 Å². The number of methoxy groups -OCH3 is 1. The first kappa shape index (κ1) is 26.7. The highest BCUT2D eigenvalue weighted by Crippen LogP contribution is 2.54. The molecule has 2 aliphatic heterocycles. The molecular weight excluding hydrogens is 591 g/mol. The van der Waals surface area contributed by atoms with Crippen LogP contribution in [0, 0.1) is 5.92 Å². The van der Waals surface area contributed by atoms with Crippen LogP contribution in [0.15, 0.2) is 94.1 Å². The molecule has 2 aromatic heterocycles. The number of hydrogen-bond donors (Lipinski definition) is 1. The number of thiophene rings is 1. The van der Waals surface area contributed by atoms with Crippen molar-refractivity contribution in [3.05, 3.63) is 104 Å². The number of hydrogen-bond acceptors (Lipinski definition) is 8. The Morgan fingerprint density at radius 1 is 0.929 bits per heavy atom. The number of amides is 3. The van der Waals surface area contributed by atoms with Crippen molar-refractivity contribution in [2.75, 3.05) is 17.3 Å². The van der Waals surface area contributed by atoms with Crippen LogP contribution in [0.2, 0.25) is 0 Å². The molecule has 0 bridgehead atoms. The van der Waals surface area contributed by atoms with Crippen LogP contribution in [0.1, 0.15) is 15.7 Å². The predicted octanol–water partition coefficient (Wildman–Crippen LogP) is 5.57. The Morgan fingerprint density at radius 3 is 2.48 bits per heavy atom. The quantitative estimate of drug-likeness (QED) is 0.252. The molecule has 0 unspecified atom stereocenters. The summed E-state index contributed by atoms with van der Waals surface area (Å²) in [5.74, 6) is -1.50. The number of ether oxygens (including phenoxy) is 1. The van der Waals surface area contributed by atoms with Crippen molar-refractivity contribution >= 4 is 74.3 Å². The molecule has 210 valence electrons. The van der Waals surface area contributed by atoms with E-state index < -0.39 is 17.1 Å². The van der Waals surface area contributed by atoms with Crippen molar-refractivity contribution < 1.29 is 19.1 Å². The third kappa shape index (κ3) is 4.36. The first-order chi connectivity index (χ1) is 20.4. The monoisotopic (exact) mass is 613 g/mol. The van der Waals surface area contributed by atoms with Crippen molar-refractivity contribution in [3.63, 3.8) is 0 Å². The molecule has 0 saturated carbocycles. The van der Waals surface area contributed by atoms with Gasteiger partial charge >= 0.3 is 4.87 Å². The number of rotatable bonds is 6. The number of carbonyl (C=O) groups is 3. The van der Waals surface area contributed by atoms with Gasteiger partial charge in [-0.05, 0) is 47.2 Å². The van der Waals surface area contributed by atoms with Crippen molar-refractivity contribution in [2.24, 2.45) is 5.92 Å². The second-order valence-electron chi connectivity index (χ2n) is 9.97. The fourth-order valence-electron chi connectivity index (χ4n) is 5.68. The number of benzene rings is 3. The summed E-state index contributed by atoms with van der Waals surface area (Å²) < 4.78 is 6.68. The Bertz CT molecular complexity index is 1910. The summed E-state index contributed by atoms with van der Waals surface area (Å²) in [5, 5.41) is 6.60. The minimum absolute atomic E-state index is 0.209. The van der Waals surface area contributed by atoms with Crippen LogP contribution < -0.4 is 19.8 Å². The van der Waals surface area contributed by atoms with Gasteiger partial charge in [-0.25, -0.2) is 4.90 Å². The lowest BCUT2D eigenvalue weighted by molar-refractivity contribution is -0.122. The van der Waals surface area contributed by atoms with Gasteiger partial charge in [0.05, 0.1) is 23.7 Å². The Morgan fingerprint density at radius 2 is 1.71 bits per heavy atom. The average molecular weight is 614 g/mol. The third-order valence-electron chi connectivity index (χ3n) is 7.60. The Labute approximate surface area is 252 Å². The molecule has 0 spiro atoms. The van der Waals surface area contributed by atoms with E-state index in [4.69, 9.17) is 4.74 Å². The molecule has 0 radical (unpaired) electrons. The van der Waals surface area contributed by atoms with Crippen LogP contribution in [-0.2, 0) is 20.9 Å². The van der Waals surface area contributed by atoms with Crippen LogP contribution in [0.5, 0.6) is 5.75 Å². The smallest absolute Gasteiger partial charge is 0.308 e. The van der Waals surface area contributed by atoms with E-state index in [2.05, 4.69) is 5.32 Å². The summed E-state index contributed by atoms with van der Waals surface area (Å²) in [6.07, 6.45) is 0. The molecule has 1 N–H and O–H groups in total. The predicted molar refractivity (Wildman–Crippen MR) is 166 cm³/mol. The van der Waals surface area contributed by atoms with Gasteiger partial charge in [0, 0.05) is 26.7 Å². The molecular formula is C31H23N3O5S3. The molecule has 0 aliphatic carbocycles. The molecule has 1 saturated heterocycles. The summed E-state index contributed by atoms with van der Waals surface area (Å²) in [7, 11) is 1.55. The highest BCUT2D eigenvalue weighted by atomic mass is 32.2. The van der Waals surface area contributed by atoms with Crippen LogP contribution in [0.3, 0.4) is 0 Å². The van der Waals surface area contributed by atoms with Gasteiger partial charge in [0.1, 0.15) is 17.5 Å². The number of imide groups is 1. The topological polar surface area (TPSA) is 97.7 Å². The fourth-order valence-corrected chi connectivity index (χ4v) is 9.40. The van der Waals surface area contributed by atoms with Crippen LogP contribution in [0.4, 0.5) is 11.4 Å². The van der Waals surface area contributed by atoms with E-state index in [9.17, 15) is 19.2 Å². The molecule has 11 heteroatoms. The van der Waals surface area contributed by atoms with E-state index in [1.54, 1.807) is 31.4 Å². The number of fused-ring (bicyclic) bond motifs is 3. The zero-order chi connectivity index (χ0) is 29.0. The molecule has 5 aromatic rings. The number of nitrogens with zero attached hydrogens (tertiary/aromatic N) is 2. The van der Waals surface area contributed by atoms with Gasteiger partial charge in [-0.3, -0.25) is 23.7 Å². The average Bonchev–Trinajstić information content (AvgIpc) is 3.70. The van der Waals surface area contributed by atoms with Crippen LogP contribution in [0.25, 0.3) is 10.8 Å².